The summed E-state index contributed by atoms with van der Waals surface area (Å²) in [5, 5.41) is 18.4. The number of alkyl halides is 3. The van der Waals surface area contributed by atoms with Gasteiger partial charge in [-0.2, -0.15) is 13.2 Å². The molecule has 0 saturated carbocycles. The van der Waals surface area contributed by atoms with E-state index in [4.69, 9.17) is 5.11 Å². The molecule has 0 saturated heterocycles. The third kappa shape index (κ3) is 2.83. The summed E-state index contributed by atoms with van der Waals surface area (Å²) in [6.45, 7) is 2.76. The van der Waals surface area contributed by atoms with Crippen LogP contribution in [0.4, 0.5) is 13.2 Å². The number of hydrogen-bond donors (Lipinski definition) is 2. The van der Waals surface area contributed by atoms with Crippen LogP contribution in [0.5, 0.6) is 0 Å². The molecule has 100 valence electrons. The summed E-state index contributed by atoms with van der Waals surface area (Å²) in [5.41, 5.74) is -3.15. The zero-order valence-electron chi connectivity index (χ0n) is 10.1. The molecule has 5 heteroatoms. The molecule has 0 fully saturated rings. The lowest BCUT2D eigenvalue weighted by Crippen LogP contribution is -2.50. The van der Waals surface area contributed by atoms with Gasteiger partial charge in [0.15, 0.2) is 0 Å². The molecule has 2 nitrogen and oxygen atoms in total. The SMILES string of the molecule is CC(C)C1CC=C(C(O)(CO)C(F)(F)F)CC1. The van der Waals surface area contributed by atoms with Crippen molar-refractivity contribution >= 4 is 0 Å². The first kappa shape index (κ1) is 14.5. The Morgan fingerprint density at radius 2 is 2.00 bits per heavy atom. The molecule has 0 heterocycles. The van der Waals surface area contributed by atoms with Crippen LogP contribution in [-0.2, 0) is 0 Å². The van der Waals surface area contributed by atoms with E-state index in [0.717, 1.165) is 0 Å². The van der Waals surface area contributed by atoms with Crippen LogP contribution in [0.3, 0.4) is 0 Å². The van der Waals surface area contributed by atoms with Gasteiger partial charge in [0.1, 0.15) is 0 Å². The highest BCUT2D eigenvalue weighted by Gasteiger charge is 2.55. The summed E-state index contributed by atoms with van der Waals surface area (Å²) in [5.74, 6) is 0.774. The molecule has 2 atom stereocenters. The molecule has 0 aliphatic heterocycles. The lowest BCUT2D eigenvalue weighted by Gasteiger charge is -2.35. The Balaban J connectivity index is 2.87. The van der Waals surface area contributed by atoms with Crippen molar-refractivity contribution in [2.24, 2.45) is 11.8 Å². The van der Waals surface area contributed by atoms with Gasteiger partial charge in [-0.15, -0.1) is 0 Å². The minimum absolute atomic E-state index is 0.0931. The third-order valence-corrected chi connectivity index (χ3v) is 3.62. The van der Waals surface area contributed by atoms with Crippen LogP contribution in [0.25, 0.3) is 0 Å². The first-order valence-electron chi connectivity index (χ1n) is 5.82. The van der Waals surface area contributed by atoms with E-state index >= 15 is 0 Å². The average molecular weight is 252 g/mol. The maximum absolute atomic E-state index is 12.7. The van der Waals surface area contributed by atoms with Crippen molar-refractivity contribution in [3.05, 3.63) is 11.6 Å². The van der Waals surface area contributed by atoms with Gasteiger partial charge in [-0.05, 0) is 36.7 Å². The molecule has 0 spiro atoms. The van der Waals surface area contributed by atoms with Crippen LogP contribution in [0, 0.1) is 11.8 Å². The second-order valence-electron chi connectivity index (χ2n) is 5.02. The van der Waals surface area contributed by atoms with Crippen LogP contribution in [0.15, 0.2) is 11.6 Å². The zero-order chi connectivity index (χ0) is 13.3. The summed E-state index contributed by atoms with van der Waals surface area (Å²) in [4.78, 5) is 0. The van der Waals surface area contributed by atoms with Crippen molar-refractivity contribution in [1.82, 2.24) is 0 Å². The number of allylic oxidation sites excluding steroid dienone is 1. The van der Waals surface area contributed by atoms with E-state index in [1.807, 2.05) is 13.8 Å². The summed E-state index contributed by atoms with van der Waals surface area (Å²) >= 11 is 0. The molecule has 1 aliphatic rings. The molecular weight excluding hydrogens is 233 g/mol. The Labute approximate surface area is 99.1 Å². The van der Waals surface area contributed by atoms with Crippen LogP contribution in [0.1, 0.15) is 33.1 Å². The summed E-state index contributed by atoms with van der Waals surface area (Å²) in [7, 11) is 0. The summed E-state index contributed by atoms with van der Waals surface area (Å²) < 4.78 is 38.1. The Bertz CT molecular complexity index is 297. The van der Waals surface area contributed by atoms with Gasteiger partial charge in [-0.1, -0.05) is 19.9 Å². The molecular formula is C12H19F3O2. The van der Waals surface area contributed by atoms with Crippen molar-refractivity contribution in [1.29, 1.82) is 0 Å². The molecule has 0 aromatic rings. The highest BCUT2D eigenvalue weighted by atomic mass is 19.4. The second kappa shape index (κ2) is 4.98. The van der Waals surface area contributed by atoms with Gasteiger partial charge in [0.05, 0.1) is 6.61 Å². The molecule has 17 heavy (non-hydrogen) atoms. The lowest BCUT2D eigenvalue weighted by atomic mass is 9.77. The fourth-order valence-corrected chi connectivity index (χ4v) is 2.21. The summed E-state index contributed by atoms with van der Waals surface area (Å²) in [6.07, 6.45) is -2.02. The topological polar surface area (TPSA) is 40.5 Å². The van der Waals surface area contributed by atoms with Gasteiger partial charge in [-0.25, -0.2) is 0 Å². The Morgan fingerprint density at radius 1 is 1.41 bits per heavy atom. The standard InChI is InChI=1S/C12H19F3O2/c1-8(2)9-3-5-10(6-4-9)11(17,7-16)12(13,14)15/h5,8-9,16-17H,3-4,6-7H2,1-2H3. The van der Waals surface area contributed by atoms with Crippen molar-refractivity contribution in [3.8, 4) is 0 Å². The van der Waals surface area contributed by atoms with E-state index in [-0.39, 0.29) is 12.0 Å². The van der Waals surface area contributed by atoms with Crippen molar-refractivity contribution in [2.45, 2.75) is 44.9 Å². The molecule has 0 aromatic carbocycles. The maximum Gasteiger partial charge on any atom is 0.423 e. The smallest absolute Gasteiger partial charge is 0.393 e. The van der Waals surface area contributed by atoms with Crippen LogP contribution >= 0.6 is 0 Å². The molecule has 2 N–H and O–H groups in total. The summed E-state index contributed by atoms with van der Waals surface area (Å²) in [6, 6.07) is 0. The van der Waals surface area contributed by atoms with Crippen molar-refractivity contribution < 1.29 is 23.4 Å². The third-order valence-electron chi connectivity index (χ3n) is 3.62. The zero-order valence-corrected chi connectivity index (χ0v) is 10.1. The first-order valence-corrected chi connectivity index (χ1v) is 5.82. The van der Waals surface area contributed by atoms with Gasteiger partial charge in [0.25, 0.3) is 0 Å². The Morgan fingerprint density at radius 3 is 2.29 bits per heavy atom. The average Bonchev–Trinajstić information content (AvgIpc) is 2.26. The maximum atomic E-state index is 12.7. The van der Waals surface area contributed by atoms with Gasteiger partial charge in [0.2, 0.25) is 5.60 Å². The molecule has 0 aromatic heterocycles. The van der Waals surface area contributed by atoms with E-state index < -0.39 is 18.4 Å². The van der Waals surface area contributed by atoms with E-state index in [2.05, 4.69) is 0 Å². The fraction of sp³-hybridized carbons (Fsp3) is 0.833. The van der Waals surface area contributed by atoms with Gasteiger partial charge < -0.3 is 10.2 Å². The van der Waals surface area contributed by atoms with Crippen LogP contribution in [0.2, 0.25) is 0 Å². The predicted octanol–water partition coefficient (Wildman–Crippen LogP) is 2.65. The van der Waals surface area contributed by atoms with E-state index in [1.165, 1.54) is 6.08 Å². The van der Waals surface area contributed by atoms with Gasteiger partial charge in [0, 0.05) is 0 Å². The lowest BCUT2D eigenvalue weighted by molar-refractivity contribution is -0.255. The number of aliphatic hydroxyl groups is 2. The molecule has 0 bridgehead atoms. The van der Waals surface area contributed by atoms with E-state index in [0.29, 0.717) is 24.7 Å². The van der Waals surface area contributed by atoms with Gasteiger partial charge in [-0.3, -0.25) is 0 Å². The van der Waals surface area contributed by atoms with E-state index in [9.17, 15) is 18.3 Å². The Kier molecular flexibility index (Phi) is 4.25. The van der Waals surface area contributed by atoms with Crippen LogP contribution in [-0.4, -0.2) is 28.6 Å². The van der Waals surface area contributed by atoms with Crippen LogP contribution < -0.4 is 0 Å². The number of aliphatic hydroxyl groups excluding tert-OH is 1. The highest BCUT2D eigenvalue weighted by Crippen LogP contribution is 2.41. The van der Waals surface area contributed by atoms with Crippen molar-refractivity contribution in [2.75, 3.05) is 6.61 Å². The normalized spacial score (nSPS) is 25.6. The minimum atomic E-state index is -4.82. The molecule has 2 unspecified atom stereocenters. The van der Waals surface area contributed by atoms with Crippen molar-refractivity contribution in [3.63, 3.8) is 0 Å². The molecule has 1 rings (SSSR count). The number of hydrogen-bond acceptors (Lipinski definition) is 2. The molecule has 0 amide bonds. The quantitative estimate of drug-likeness (QED) is 0.758. The predicted molar refractivity (Wildman–Crippen MR) is 58.4 cm³/mol. The first-order chi connectivity index (χ1) is 7.72. The minimum Gasteiger partial charge on any atom is -0.393 e. The Hall–Kier alpha value is -0.550. The highest BCUT2D eigenvalue weighted by molar-refractivity contribution is 5.22. The number of rotatable bonds is 3. The van der Waals surface area contributed by atoms with Gasteiger partial charge >= 0.3 is 6.18 Å². The number of halogens is 3. The molecule has 0 radical (unpaired) electrons. The molecule has 1 aliphatic carbocycles. The monoisotopic (exact) mass is 252 g/mol. The fourth-order valence-electron chi connectivity index (χ4n) is 2.21. The largest absolute Gasteiger partial charge is 0.423 e. The second-order valence-corrected chi connectivity index (χ2v) is 5.02. The van der Waals surface area contributed by atoms with E-state index in [1.54, 1.807) is 0 Å².